The average Bonchev–Trinajstić information content (AvgIpc) is 2.91. The first kappa shape index (κ1) is 19.0. The lowest BCUT2D eigenvalue weighted by Gasteiger charge is -2.13. The lowest BCUT2D eigenvalue weighted by molar-refractivity contribution is 0.479. The molecule has 0 aliphatic heterocycles. The number of hydrogen-bond acceptors (Lipinski definition) is 3. The van der Waals surface area contributed by atoms with Crippen molar-refractivity contribution >= 4 is 22.9 Å². The Morgan fingerprint density at radius 3 is 2.05 bits per heavy atom. The second-order valence-corrected chi connectivity index (χ2v) is 7.58. The van der Waals surface area contributed by atoms with Gasteiger partial charge in [-0.05, 0) is 18.6 Å². The Morgan fingerprint density at radius 1 is 1.00 bits per heavy atom. The number of nitrogens with two attached hydrogens (primary N) is 1. The molecule has 0 bridgehead atoms. The van der Waals surface area contributed by atoms with Crippen molar-refractivity contribution in [3.05, 3.63) is 21.3 Å². The molecule has 0 aromatic carbocycles. The maximum Gasteiger partial charge on any atom is 0.0931 e. The van der Waals surface area contributed by atoms with Gasteiger partial charge in [-0.1, -0.05) is 82.7 Å². The minimum Gasteiger partial charge on any atom is -0.271 e. The summed E-state index contributed by atoms with van der Waals surface area (Å²) in [6, 6.07) is 4.29. The highest BCUT2D eigenvalue weighted by Crippen LogP contribution is 2.29. The van der Waals surface area contributed by atoms with E-state index in [0.717, 1.165) is 10.8 Å². The predicted molar refractivity (Wildman–Crippen MR) is 95.9 cm³/mol. The van der Waals surface area contributed by atoms with Crippen molar-refractivity contribution in [3.63, 3.8) is 0 Å². The summed E-state index contributed by atoms with van der Waals surface area (Å²) in [5.74, 6) is 5.65. The van der Waals surface area contributed by atoms with Crippen LogP contribution in [0.1, 0.15) is 88.5 Å². The maximum atomic E-state index is 5.98. The number of nitrogens with one attached hydrogen (secondary N) is 1. The van der Waals surface area contributed by atoms with Crippen LogP contribution < -0.4 is 11.3 Å². The quantitative estimate of drug-likeness (QED) is 0.256. The number of unbranched alkanes of at least 4 members (excludes halogenated alkanes) is 9. The van der Waals surface area contributed by atoms with Crippen LogP contribution >= 0.6 is 22.9 Å². The fourth-order valence-electron chi connectivity index (χ4n) is 2.66. The van der Waals surface area contributed by atoms with E-state index < -0.39 is 0 Å². The van der Waals surface area contributed by atoms with Crippen LogP contribution in [-0.2, 0) is 0 Å². The van der Waals surface area contributed by atoms with Gasteiger partial charge in [0.25, 0.3) is 0 Å². The molecule has 1 rings (SSSR count). The van der Waals surface area contributed by atoms with Gasteiger partial charge in [-0.25, -0.2) is 0 Å². The molecule has 1 unspecified atom stereocenters. The van der Waals surface area contributed by atoms with Gasteiger partial charge >= 0.3 is 0 Å². The normalized spacial score (nSPS) is 12.7. The number of halogens is 1. The molecule has 0 amide bonds. The molecule has 0 radical (unpaired) electrons. The topological polar surface area (TPSA) is 38.0 Å². The molecule has 21 heavy (non-hydrogen) atoms. The molecule has 122 valence electrons. The second kappa shape index (κ2) is 12.5. The number of hydrazine groups is 1. The third-order valence-electron chi connectivity index (χ3n) is 3.98. The molecule has 3 N–H and O–H groups in total. The van der Waals surface area contributed by atoms with Gasteiger partial charge in [-0.3, -0.25) is 11.3 Å². The van der Waals surface area contributed by atoms with Crippen LogP contribution in [0, 0.1) is 0 Å². The van der Waals surface area contributed by atoms with Crippen LogP contribution in [0.5, 0.6) is 0 Å². The van der Waals surface area contributed by atoms with Crippen molar-refractivity contribution in [3.8, 4) is 0 Å². The van der Waals surface area contributed by atoms with Gasteiger partial charge in [0.1, 0.15) is 0 Å². The Labute approximate surface area is 139 Å². The van der Waals surface area contributed by atoms with Crippen molar-refractivity contribution in [2.75, 3.05) is 0 Å². The molecule has 1 aromatic rings. The zero-order chi connectivity index (χ0) is 15.3. The van der Waals surface area contributed by atoms with Crippen LogP contribution in [0.4, 0.5) is 0 Å². The van der Waals surface area contributed by atoms with Crippen LogP contribution in [0.25, 0.3) is 0 Å². The number of hydrogen-bond donors (Lipinski definition) is 2. The summed E-state index contributed by atoms with van der Waals surface area (Å²) in [5, 5.41) is 0. The van der Waals surface area contributed by atoms with Crippen molar-refractivity contribution in [1.29, 1.82) is 0 Å². The van der Waals surface area contributed by atoms with Gasteiger partial charge in [0.2, 0.25) is 0 Å². The smallest absolute Gasteiger partial charge is 0.0931 e. The van der Waals surface area contributed by atoms with Gasteiger partial charge in [0, 0.05) is 4.88 Å². The van der Waals surface area contributed by atoms with Crippen molar-refractivity contribution in [1.82, 2.24) is 5.43 Å². The first-order chi connectivity index (χ1) is 10.3. The molecular weight excluding hydrogens is 300 g/mol. The lowest BCUT2D eigenvalue weighted by atomic mass is 10.0. The van der Waals surface area contributed by atoms with Crippen molar-refractivity contribution < 1.29 is 0 Å². The Bertz CT molecular complexity index is 354. The van der Waals surface area contributed by atoms with E-state index in [1.165, 1.54) is 69.1 Å². The zero-order valence-electron chi connectivity index (χ0n) is 13.4. The monoisotopic (exact) mass is 330 g/mol. The molecule has 0 spiro atoms. The van der Waals surface area contributed by atoms with E-state index in [1.54, 1.807) is 11.3 Å². The molecule has 0 aliphatic carbocycles. The fraction of sp³-hybridized carbons (Fsp3) is 0.765. The highest BCUT2D eigenvalue weighted by atomic mass is 35.5. The van der Waals surface area contributed by atoms with Crippen molar-refractivity contribution in [2.24, 2.45) is 5.84 Å². The highest BCUT2D eigenvalue weighted by molar-refractivity contribution is 7.16. The first-order valence-corrected chi connectivity index (χ1v) is 9.68. The number of rotatable bonds is 13. The van der Waals surface area contributed by atoms with E-state index in [1.807, 2.05) is 6.07 Å². The second-order valence-electron chi connectivity index (χ2n) is 5.83. The molecule has 2 nitrogen and oxygen atoms in total. The molecular formula is C17H31ClN2S. The third kappa shape index (κ3) is 8.82. The van der Waals surface area contributed by atoms with E-state index in [2.05, 4.69) is 18.4 Å². The Kier molecular flexibility index (Phi) is 11.2. The van der Waals surface area contributed by atoms with Gasteiger partial charge in [-0.15, -0.1) is 11.3 Å². The summed E-state index contributed by atoms with van der Waals surface area (Å²) in [6.45, 7) is 2.27. The van der Waals surface area contributed by atoms with Gasteiger partial charge < -0.3 is 0 Å². The standard InChI is InChI=1S/C17H31ClN2S/c1-2-3-4-5-6-7-8-9-10-11-12-15(20-19)16-13-14-17(18)21-16/h13-15,20H,2-12,19H2,1H3. The molecule has 1 aromatic heterocycles. The van der Waals surface area contributed by atoms with E-state index in [9.17, 15) is 0 Å². The van der Waals surface area contributed by atoms with Gasteiger partial charge in [0.15, 0.2) is 0 Å². The van der Waals surface area contributed by atoms with E-state index in [4.69, 9.17) is 17.4 Å². The fourth-order valence-corrected chi connectivity index (χ4v) is 3.81. The minimum absolute atomic E-state index is 0.261. The molecule has 1 heterocycles. The number of thiophene rings is 1. The minimum atomic E-state index is 0.261. The van der Waals surface area contributed by atoms with Crippen LogP contribution in [-0.4, -0.2) is 0 Å². The lowest BCUT2D eigenvalue weighted by Crippen LogP contribution is -2.27. The summed E-state index contributed by atoms with van der Waals surface area (Å²) in [6.07, 6.45) is 14.8. The van der Waals surface area contributed by atoms with Gasteiger partial charge in [0.05, 0.1) is 10.4 Å². The average molecular weight is 331 g/mol. The first-order valence-electron chi connectivity index (χ1n) is 8.49. The molecule has 4 heteroatoms. The Morgan fingerprint density at radius 2 is 1.57 bits per heavy atom. The molecule has 0 fully saturated rings. The molecule has 0 saturated carbocycles. The molecule has 0 saturated heterocycles. The largest absolute Gasteiger partial charge is 0.271 e. The summed E-state index contributed by atoms with van der Waals surface area (Å²) in [5.41, 5.74) is 2.91. The van der Waals surface area contributed by atoms with Crippen molar-refractivity contribution in [2.45, 2.75) is 83.6 Å². The molecule has 0 aliphatic rings. The predicted octanol–water partition coefficient (Wildman–Crippen LogP) is 6.22. The summed E-state index contributed by atoms with van der Waals surface area (Å²) in [4.78, 5) is 1.25. The molecule has 1 atom stereocenters. The van der Waals surface area contributed by atoms with E-state index in [0.29, 0.717) is 0 Å². The third-order valence-corrected chi connectivity index (χ3v) is 5.33. The van der Waals surface area contributed by atoms with Crippen LogP contribution in [0.2, 0.25) is 4.34 Å². The van der Waals surface area contributed by atoms with Crippen LogP contribution in [0.15, 0.2) is 12.1 Å². The Hall–Kier alpha value is -0.0900. The SMILES string of the molecule is CCCCCCCCCCCCC(NN)c1ccc(Cl)s1. The van der Waals surface area contributed by atoms with Gasteiger partial charge in [-0.2, -0.15) is 0 Å². The summed E-state index contributed by atoms with van der Waals surface area (Å²) in [7, 11) is 0. The van der Waals surface area contributed by atoms with E-state index in [-0.39, 0.29) is 6.04 Å². The van der Waals surface area contributed by atoms with Crippen LogP contribution in [0.3, 0.4) is 0 Å². The maximum absolute atomic E-state index is 5.98. The summed E-state index contributed by atoms with van der Waals surface area (Å²) >= 11 is 7.60. The zero-order valence-corrected chi connectivity index (χ0v) is 14.9. The Balaban J connectivity index is 1.98. The van der Waals surface area contributed by atoms with E-state index >= 15 is 0 Å². The summed E-state index contributed by atoms with van der Waals surface area (Å²) < 4.78 is 0.841. The highest BCUT2D eigenvalue weighted by Gasteiger charge is 2.11.